The largest absolute Gasteiger partial charge is 0.324 e. The molecule has 1 aliphatic heterocycles. The number of nitrogens with zero attached hydrogens (tertiary/aromatic N) is 2. The lowest BCUT2D eigenvalue weighted by Gasteiger charge is -2.28. The number of hydrogen-bond donors (Lipinski definition) is 0. The summed E-state index contributed by atoms with van der Waals surface area (Å²) in [5.41, 5.74) is 2.39. The maximum Gasteiger partial charge on any atom is 0.324 e. The second kappa shape index (κ2) is 5.89. The summed E-state index contributed by atoms with van der Waals surface area (Å²) in [6, 6.07) is 8.39. The molecule has 0 aliphatic carbocycles. The van der Waals surface area contributed by atoms with Crippen molar-refractivity contribution in [3.63, 3.8) is 0 Å². The Morgan fingerprint density at radius 3 is 2.56 bits per heavy atom. The molecule has 0 saturated carbocycles. The van der Waals surface area contributed by atoms with Crippen LogP contribution < -0.4 is 4.90 Å². The monoisotopic (exact) mass is 246 g/mol. The Labute approximate surface area is 109 Å². The van der Waals surface area contributed by atoms with Gasteiger partial charge in [-0.15, -0.1) is 0 Å². The van der Waals surface area contributed by atoms with Crippen LogP contribution in [0.4, 0.5) is 10.5 Å². The number of anilines is 1. The number of fused-ring (bicyclic) bond motifs is 1. The zero-order chi connectivity index (χ0) is 13.0. The van der Waals surface area contributed by atoms with Crippen molar-refractivity contribution in [2.45, 2.75) is 33.1 Å². The summed E-state index contributed by atoms with van der Waals surface area (Å²) < 4.78 is 0. The lowest BCUT2D eigenvalue weighted by atomic mass is 10.2. The molecule has 0 radical (unpaired) electrons. The smallest absolute Gasteiger partial charge is 0.324 e. The quantitative estimate of drug-likeness (QED) is 0.799. The summed E-state index contributed by atoms with van der Waals surface area (Å²) in [6.07, 6.45) is 3.01. The number of carbonyl (C=O) groups excluding carboxylic acids is 1. The molecule has 3 heteroatoms. The first-order valence-electron chi connectivity index (χ1n) is 6.92. The Morgan fingerprint density at radius 1 is 1.22 bits per heavy atom. The van der Waals surface area contributed by atoms with Crippen LogP contribution in [0, 0.1) is 0 Å². The van der Waals surface area contributed by atoms with Crippen molar-refractivity contribution in [2.75, 3.05) is 24.5 Å². The minimum atomic E-state index is 0.170. The average molecular weight is 246 g/mol. The van der Waals surface area contributed by atoms with Gasteiger partial charge >= 0.3 is 6.03 Å². The summed E-state index contributed by atoms with van der Waals surface area (Å²) in [5.74, 6) is 0. The molecular weight excluding hydrogens is 224 g/mol. The summed E-state index contributed by atoms with van der Waals surface area (Å²) in [5, 5.41) is 0. The Bertz CT molecular complexity index is 411. The molecule has 1 aromatic carbocycles. The number of amides is 2. The molecule has 2 amide bonds. The fraction of sp³-hybridized carbons (Fsp3) is 0.533. The van der Waals surface area contributed by atoms with E-state index in [2.05, 4.69) is 26.0 Å². The van der Waals surface area contributed by atoms with Crippen LogP contribution in [0.3, 0.4) is 0 Å². The molecule has 0 fully saturated rings. The van der Waals surface area contributed by atoms with Gasteiger partial charge in [0.2, 0.25) is 0 Å². The number of benzene rings is 1. The van der Waals surface area contributed by atoms with Crippen LogP contribution in [0.2, 0.25) is 0 Å². The summed E-state index contributed by atoms with van der Waals surface area (Å²) in [7, 11) is 0. The lowest BCUT2D eigenvalue weighted by Crippen LogP contribution is -2.43. The van der Waals surface area contributed by atoms with E-state index >= 15 is 0 Å². The predicted octanol–water partition coefficient (Wildman–Crippen LogP) is 3.29. The number of urea groups is 1. The Kier molecular flexibility index (Phi) is 4.24. The lowest BCUT2D eigenvalue weighted by molar-refractivity contribution is 0.205. The normalized spacial score (nSPS) is 13.6. The number of rotatable bonds is 4. The Balaban J connectivity index is 2.14. The van der Waals surface area contributed by atoms with Gasteiger partial charge in [-0.3, -0.25) is 4.90 Å². The molecule has 0 unspecified atom stereocenters. The molecule has 0 N–H and O–H groups in total. The first kappa shape index (κ1) is 12.9. The third kappa shape index (κ3) is 2.50. The minimum absolute atomic E-state index is 0.170. The van der Waals surface area contributed by atoms with E-state index in [0.717, 1.165) is 44.6 Å². The second-order valence-corrected chi connectivity index (χ2v) is 4.80. The molecule has 1 heterocycles. The standard InChI is InChI=1S/C15H22N2O/c1-3-10-16(11-4-2)15(18)17-12-9-13-7-5-6-8-14(13)17/h5-8H,3-4,9-12H2,1-2H3. The van der Waals surface area contributed by atoms with Crippen LogP contribution in [0.15, 0.2) is 24.3 Å². The van der Waals surface area contributed by atoms with E-state index in [1.54, 1.807) is 0 Å². The van der Waals surface area contributed by atoms with Gasteiger partial charge in [-0.2, -0.15) is 0 Å². The van der Waals surface area contributed by atoms with Crippen molar-refractivity contribution < 1.29 is 4.79 Å². The number of para-hydroxylation sites is 1. The predicted molar refractivity (Wildman–Crippen MR) is 75.0 cm³/mol. The fourth-order valence-electron chi connectivity index (χ4n) is 2.55. The third-order valence-electron chi connectivity index (χ3n) is 3.38. The summed E-state index contributed by atoms with van der Waals surface area (Å²) in [6.45, 7) is 6.76. The number of hydrogen-bond acceptors (Lipinski definition) is 1. The molecule has 0 atom stereocenters. The van der Waals surface area contributed by atoms with Crippen molar-refractivity contribution in [2.24, 2.45) is 0 Å². The van der Waals surface area contributed by atoms with Gasteiger partial charge in [-0.1, -0.05) is 32.0 Å². The van der Waals surface area contributed by atoms with Crippen LogP contribution in [0.25, 0.3) is 0 Å². The first-order chi connectivity index (χ1) is 8.77. The fourth-order valence-corrected chi connectivity index (χ4v) is 2.55. The van der Waals surface area contributed by atoms with E-state index in [1.165, 1.54) is 5.56 Å². The second-order valence-electron chi connectivity index (χ2n) is 4.80. The van der Waals surface area contributed by atoms with Crippen LogP contribution in [-0.4, -0.2) is 30.6 Å². The highest BCUT2D eigenvalue weighted by Gasteiger charge is 2.27. The van der Waals surface area contributed by atoms with Crippen molar-refractivity contribution in [3.05, 3.63) is 29.8 Å². The van der Waals surface area contributed by atoms with Gasteiger partial charge in [0, 0.05) is 25.3 Å². The van der Waals surface area contributed by atoms with Crippen LogP contribution in [0.1, 0.15) is 32.3 Å². The van der Waals surface area contributed by atoms with Crippen LogP contribution in [0.5, 0.6) is 0 Å². The summed E-state index contributed by atoms with van der Waals surface area (Å²) in [4.78, 5) is 16.4. The first-order valence-corrected chi connectivity index (χ1v) is 6.92. The highest BCUT2D eigenvalue weighted by Crippen LogP contribution is 2.28. The molecule has 0 saturated heterocycles. The van der Waals surface area contributed by atoms with E-state index in [1.807, 2.05) is 21.9 Å². The minimum Gasteiger partial charge on any atom is -0.324 e. The van der Waals surface area contributed by atoms with Gasteiger partial charge in [-0.25, -0.2) is 4.79 Å². The van der Waals surface area contributed by atoms with E-state index < -0.39 is 0 Å². The van der Waals surface area contributed by atoms with Gasteiger partial charge < -0.3 is 4.90 Å². The Morgan fingerprint density at radius 2 is 1.89 bits per heavy atom. The molecule has 18 heavy (non-hydrogen) atoms. The van der Waals surface area contributed by atoms with Gasteiger partial charge in [0.15, 0.2) is 0 Å². The van der Waals surface area contributed by atoms with E-state index in [0.29, 0.717) is 0 Å². The van der Waals surface area contributed by atoms with Crippen molar-refractivity contribution in [1.29, 1.82) is 0 Å². The molecule has 98 valence electrons. The van der Waals surface area contributed by atoms with Crippen molar-refractivity contribution >= 4 is 11.7 Å². The molecule has 0 aromatic heterocycles. The van der Waals surface area contributed by atoms with Gasteiger partial charge in [0.05, 0.1) is 0 Å². The van der Waals surface area contributed by atoms with Crippen LogP contribution in [-0.2, 0) is 6.42 Å². The van der Waals surface area contributed by atoms with Crippen molar-refractivity contribution in [3.8, 4) is 0 Å². The molecule has 0 bridgehead atoms. The zero-order valence-electron chi connectivity index (χ0n) is 11.4. The maximum absolute atomic E-state index is 12.5. The molecule has 1 aliphatic rings. The Hall–Kier alpha value is -1.51. The van der Waals surface area contributed by atoms with Crippen molar-refractivity contribution in [1.82, 2.24) is 4.90 Å². The van der Waals surface area contributed by atoms with E-state index in [4.69, 9.17) is 0 Å². The summed E-state index contributed by atoms with van der Waals surface area (Å²) >= 11 is 0. The van der Waals surface area contributed by atoms with Gasteiger partial charge in [-0.05, 0) is 30.9 Å². The third-order valence-corrected chi connectivity index (χ3v) is 3.38. The molecule has 1 aromatic rings. The number of carbonyl (C=O) groups is 1. The highest BCUT2D eigenvalue weighted by molar-refractivity contribution is 5.94. The van der Waals surface area contributed by atoms with Gasteiger partial charge in [0.1, 0.15) is 0 Å². The molecular formula is C15H22N2O. The molecule has 0 spiro atoms. The SMILES string of the molecule is CCCN(CCC)C(=O)N1CCc2ccccc21. The zero-order valence-corrected chi connectivity index (χ0v) is 11.4. The molecule has 2 rings (SSSR count). The van der Waals surface area contributed by atoms with E-state index in [9.17, 15) is 4.79 Å². The maximum atomic E-state index is 12.5. The average Bonchev–Trinajstić information content (AvgIpc) is 2.81. The highest BCUT2D eigenvalue weighted by atomic mass is 16.2. The van der Waals surface area contributed by atoms with E-state index in [-0.39, 0.29) is 6.03 Å². The van der Waals surface area contributed by atoms with Crippen LogP contribution >= 0.6 is 0 Å². The molecule has 3 nitrogen and oxygen atoms in total. The topological polar surface area (TPSA) is 23.6 Å². The van der Waals surface area contributed by atoms with Gasteiger partial charge in [0.25, 0.3) is 0 Å².